The van der Waals surface area contributed by atoms with Crippen LogP contribution in [-0.2, 0) is 24.2 Å². The summed E-state index contributed by atoms with van der Waals surface area (Å²) < 4.78 is 11.1. The Kier molecular flexibility index (Phi) is 4.42. The topological polar surface area (TPSA) is 76.8 Å². The zero-order chi connectivity index (χ0) is 18.1. The third-order valence-corrected chi connectivity index (χ3v) is 4.65. The Morgan fingerprint density at radius 3 is 2.69 bits per heavy atom. The van der Waals surface area contributed by atoms with Gasteiger partial charge in [-0.05, 0) is 30.5 Å². The van der Waals surface area contributed by atoms with Gasteiger partial charge in [0.2, 0.25) is 0 Å². The van der Waals surface area contributed by atoms with Crippen LogP contribution in [0.15, 0.2) is 28.9 Å². The average Bonchev–Trinajstić information content (AvgIpc) is 3.29. The maximum absolute atomic E-state index is 5.68. The van der Waals surface area contributed by atoms with Crippen molar-refractivity contribution >= 4 is 21.8 Å². The van der Waals surface area contributed by atoms with Crippen molar-refractivity contribution in [2.75, 3.05) is 6.61 Å². The van der Waals surface area contributed by atoms with E-state index in [-0.39, 0.29) is 0 Å². The number of hydrogen-bond acceptors (Lipinski definition) is 5. The SMILES string of the molecule is CCOCc1cccc2[nH]c3cnc(-c4nc(CC)no4)c(CC)c3c12. The fourth-order valence-corrected chi connectivity index (χ4v) is 3.43. The summed E-state index contributed by atoms with van der Waals surface area (Å²) in [6.07, 6.45) is 3.41. The molecular weight excluding hydrogens is 328 g/mol. The molecule has 0 spiro atoms. The van der Waals surface area contributed by atoms with E-state index >= 15 is 0 Å². The fourth-order valence-electron chi connectivity index (χ4n) is 3.43. The van der Waals surface area contributed by atoms with E-state index in [1.54, 1.807) is 0 Å². The second-order valence-electron chi connectivity index (χ2n) is 6.20. The number of aromatic amines is 1. The number of nitrogens with zero attached hydrogens (tertiary/aromatic N) is 3. The highest BCUT2D eigenvalue weighted by atomic mass is 16.5. The molecule has 0 saturated carbocycles. The van der Waals surface area contributed by atoms with E-state index in [4.69, 9.17) is 9.26 Å². The number of benzene rings is 1. The minimum Gasteiger partial charge on any atom is -0.377 e. The van der Waals surface area contributed by atoms with Gasteiger partial charge in [0.15, 0.2) is 5.82 Å². The zero-order valence-corrected chi connectivity index (χ0v) is 15.3. The molecule has 0 aliphatic heterocycles. The van der Waals surface area contributed by atoms with Crippen molar-refractivity contribution in [2.24, 2.45) is 0 Å². The lowest BCUT2D eigenvalue weighted by molar-refractivity contribution is 0.135. The van der Waals surface area contributed by atoms with Crippen molar-refractivity contribution in [3.8, 4) is 11.6 Å². The van der Waals surface area contributed by atoms with Crippen LogP contribution >= 0.6 is 0 Å². The molecule has 0 aliphatic rings. The fraction of sp³-hybridized carbons (Fsp3) is 0.350. The number of H-pyrrole nitrogens is 1. The van der Waals surface area contributed by atoms with Gasteiger partial charge in [-0.15, -0.1) is 0 Å². The van der Waals surface area contributed by atoms with Gasteiger partial charge in [-0.1, -0.05) is 31.1 Å². The Bertz CT molecular complexity index is 1060. The van der Waals surface area contributed by atoms with Gasteiger partial charge in [-0.2, -0.15) is 4.98 Å². The van der Waals surface area contributed by atoms with E-state index in [2.05, 4.69) is 45.2 Å². The summed E-state index contributed by atoms with van der Waals surface area (Å²) in [6, 6.07) is 6.26. The third kappa shape index (κ3) is 2.66. The molecule has 26 heavy (non-hydrogen) atoms. The van der Waals surface area contributed by atoms with Gasteiger partial charge in [0.25, 0.3) is 5.89 Å². The van der Waals surface area contributed by atoms with Crippen molar-refractivity contribution in [3.63, 3.8) is 0 Å². The molecule has 134 valence electrons. The van der Waals surface area contributed by atoms with Crippen molar-refractivity contribution in [2.45, 2.75) is 40.2 Å². The highest BCUT2D eigenvalue weighted by Gasteiger charge is 2.19. The van der Waals surface area contributed by atoms with E-state index in [0.717, 1.165) is 35.1 Å². The summed E-state index contributed by atoms with van der Waals surface area (Å²) in [6.45, 7) is 7.42. The number of aromatic nitrogens is 4. The summed E-state index contributed by atoms with van der Waals surface area (Å²) in [7, 11) is 0. The summed E-state index contributed by atoms with van der Waals surface area (Å²) in [5.74, 6) is 1.18. The van der Waals surface area contributed by atoms with Gasteiger partial charge in [0, 0.05) is 29.3 Å². The van der Waals surface area contributed by atoms with E-state index in [9.17, 15) is 0 Å². The summed E-state index contributed by atoms with van der Waals surface area (Å²) in [5, 5.41) is 6.37. The molecule has 0 bridgehead atoms. The lowest BCUT2D eigenvalue weighted by atomic mass is 10.00. The quantitative estimate of drug-likeness (QED) is 0.557. The van der Waals surface area contributed by atoms with Crippen molar-refractivity contribution < 1.29 is 9.26 Å². The van der Waals surface area contributed by atoms with Crippen LogP contribution in [0.4, 0.5) is 0 Å². The molecule has 0 unspecified atom stereocenters. The number of hydrogen-bond donors (Lipinski definition) is 1. The molecule has 1 N–H and O–H groups in total. The molecule has 0 radical (unpaired) electrons. The minimum atomic E-state index is 0.484. The van der Waals surface area contributed by atoms with Crippen LogP contribution in [0.3, 0.4) is 0 Å². The van der Waals surface area contributed by atoms with Crippen LogP contribution < -0.4 is 0 Å². The van der Waals surface area contributed by atoms with Gasteiger partial charge in [-0.25, -0.2) is 4.98 Å². The molecule has 3 aromatic heterocycles. The van der Waals surface area contributed by atoms with Crippen LogP contribution in [0, 0.1) is 0 Å². The zero-order valence-electron chi connectivity index (χ0n) is 15.3. The Morgan fingerprint density at radius 1 is 1.08 bits per heavy atom. The van der Waals surface area contributed by atoms with Crippen LogP contribution in [0.25, 0.3) is 33.4 Å². The number of aryl methyl sites for hydroxylation is 2. The number of rotatable bonds is 6. The van der Waals surface area contributed by atoms with E-state index in [1.807, 2.05) is 20.0 Å². The van der Waals surface area contributed by atoms with Gasteiger partial charge >= 0.3 is 0 Å². The standard InChI is InChI=1S/C20H22N4O2/c1-4-13-18-15(10-21-19(13)20-23-16(5-2)24-26-20)22-14-9-7-8-12(17(14)18)11-25-6-3/h7-10,22H,4-6,11H2,1-3H3. The second-order valence-corrected chi connectivity index (χ2v) is 6.20. The molecule has 3 heterocycles. The lowest BCUT2D eigenvalue weighted by Gasteiger charge is -2.08. The maximum Gasteiger partial charge on any atom is 0.276 e. The molecule has 0 saturated heterocycles. The molecule has 0 fully saturated rings. The number of nitrogens with one attached hydrogen (secondary N) is 1. The van der Waals surface area contributed by atoms with Crippen molar-refractivity contribution in [3.05, 3.63) is 41.3 Å². The number of fused-ring (bicyclic) bond motifs is 3. The Morgan fingerprint density at radius 2 is 1.96 bits per heavy atom. The van der Waals surface area contributed by atoms with Crippen LogP contribution in [0.2, 0.25) is 0 Å². The number of ether oxygens (including phenoxy) is 1. The monoisotopic (exact) mass is 350 g/mol. The lowest BCUT2D eigenvalue weighted by Crippen LogP contribution is -1.96. The minimum absolute atomic E-state index is 0.484. The molecule has 6 nitrogen and oxygen atoms in total. The molecule has 0 atom stereocenters. The first-order chi connectivity index (χ1) is 12.8. The van der Waals surface area contributed by atoms with Crippen molar-refractivity contribution in [1.82, 2.24) is 20.1 Å². The summed E-state index contributed by atoms with van der Waals surface area (Å²) in [4.78, 5) is 12.6. The van der Waals surface area contributed by atoms with E-state index < -0.39 is 0 Å². The Hall–Kier alpha value is -2.73. The predicted molar refractivity (Wildman–Crippen MR) is 101 cm³/mol. The molecule has 4 rings (SSSR count). The molecule has 1 aromatic carbocycles. The van der Waals surface area contributed by atoms with Gasteiger partial charge < -0.3 is 14.2 Å². The van der Waals surface area contributed by atoms with E-state index in [1.165, 1.54) is 16.3 Å². The summed E-state index contributed by atoms with van der Waals surface area (Å²) in [5.41, 5.74) is 5.15. The largest absolute Gasteiger partial charge is 0.377 e. The Balaban J connectivity index is 2.00. The molecule has 0 aliphatic carbocycles. The summed E-state index contributed by atoms with van der Waals surface area (Å²) >= 11 is 0. The molecule has 6 heteroatoms. The number of pyridine rings is 1. The highest BCUT2D eigenvalue weighted by molar-refractivity contribution is 6.11. The maximum atomic E-state index is 5.68. The normalized spacial score (nSPS) is 11.7. The van der Waals surface area contributed by atoms with E-state index in [0.29, 0.717) is 24.9 Å². The predicted octanol–water partition coefficient (Wildman–Crippen LogP) is 4.43. The Labute approximate surface area is 151 Å². The van der Waals surface area contributed by atoms with Gasteiger partial charge in [-0.3, -0.25) is 0 Å². The molecular formula is C20H22N4O2. The third-order valence-electron chi connectivity index (χ3n) is 4.65. The first-order valence-corrected chi connectivity index (χ1v) is 9.08. The average molecular weight is 350 g/mol. The molecule has 0 amide bonds. The van der Waals surface area contributed by atoms with Gasteiger partial charge in [0.1, 0.15) is 5.69 Å². The van der Waals surface area contributed by atoms with Crippen molar-refractivity contribution in [1.29, 1.82) is 0 Å². The van der Waals surface area contributed by atoms with Crippen LogP contribution in [0.1, 0.15) is 37.7 Å². The molecule has 4 aromatic rings. The highest BCUT2D eigenvalue weighted by Crippen LogP contribution is 2.35. The first kappa shape index (κ1) is 16.7. The van der Waals surface area contributed by atoms with Crippen LogP contribution in [0.5, 0.6) is 0 Å². The van der Waals surface area contributed by atoms with Gasteiger partial charge in [0.05, 0.1) is 18.3 Å². The second kappa shape index (κ2) is 6.88. The van der Waals surface area contributed by atoms with Crippen LogP contribution in [-0.4, -0.2) is 26.7 Å². The smallest absolute Gasteiger partial charge is 0.276 e. The first-order valence-electron chi connectivity index (χ1n) is 9.08.